The summed E-state index contributed by atoms with van der Waals surface area (Å²) < 4.78 is 0. The van der Waals surface area contributed by atoms with Crippen molar-refractivity contribution in [1.82, 2.24) is 10.3 Å². The van der Waals surface area contributed by atoms with Crippen LogP contribution in [0.2, 0.25) is 0 Å². The number of amides is 1. The van der Waals surface area contributed by atoms with Gasteiger partial charge in [-0.25, -0.2) is 4.98 Å². The predicted molar refractivity (Wildman–Crippen MR) is 91.1 cm³/mol. The number of carbonyl (C=O) groups is 1. The van der Waals surface area contributed by atoms with Gasteiger partial charge in [0.1, 0.15) is 5.82 Å². The third kappa shape index (κ3) is 5.17. The predicted octanol–water partition coefficient (Wildman–Crippen LogP) is 3.91. The molecule has 1 aliphatic rings. The molecule has 1 heterocycles. The average molecular weight is 301 g/mol. The first-order valence-electron chi connectivity index (χ1n) is 8.37. The number of hydrogen-bond acceptors (Lipinski definition) is 3. The van der Waals surface area contributed by atoms with Crippen LogP contribution in [-0.2, 0) is 0 Å². The van der Waals surface area contributed by atoms with Crippen molar-refractivity contribution in [2.24, 2.45) is 0 Å². The molecule has 0 saturated heterocycles. The molecule has 2 N–H and O–H groups in total. The number of nitrogens with zero attached hydrogens (tertiary/aromatic N) is 1. The second kappa shape index (κ2) is 8.57. The van der Waals surface area contributed by atoms with E-state index in [9.17, 15) is 4.79 Å². The fourth-order valence-electron chi connectivity index (χ4n) is 2.56. The molecule has 1 aromatic rings. The van der Waals surface area contributed by atoms with Crippen LogP contribution in [0.15, 0.2) is 30.0 Å². The molecule has 0 spiro atoms. The van der Waals surface area contributed by atoms with Gasteiger partial charge in [0.15, 0.2) is 0 Å². The molecule has 22 heavy (non-hydrogen) atoms. The molecule has 2 rings (SSSR count). The smallest absolute Gasteiger partial charge is 0.251 e. The maximum Gasteiger partial charge on any atom is 0.251 e. The molecule has 0 saturated carbocycles. The Morgan fingerprint density at radius 3 is 3.00 bits per heavy atom. The van der Waals surface area contributed by atoms with E-state index in [1.165, 1.54) is 25.7 Å². The van der Waals surface area contributed by atoms with Gasteiger partial charge in [0.05, 0.1) is 0 Å². The van der Waals surface area contributed by atoms with Gasteiger partial charge in [-0.2, -0.15) is 0 Å². The first kappa shape index (κ1) is 16.5. The van der Waals surface area contributed by atoms with Crippen molar-refractivity contribution in [2.75, 3.05) is 11.9 Å². The van der Waals surface area contributed by atoms with E-state index in [2.05, 4.69) is 28.6 Å². The fraction of sp³-hybridized carbons (Fsp3) is 0.556. The van der Waals surface area contributed by atoms with Crippen LogP contribution in [0.1, 0.15) is 62.7 Å². The summed E-state index contributed by atoms with van der Waals surface area (Å²) in [6.45, 7) is 4.94. The molecule has 0 bridgehead atoms. The molecular weight excluding hydrogens is 274 g/mol. The molecule has 0 fully saturated rings. The molecular formula is C18H27N3O. The third-order valence-electron chi connectivity index (χ3n) is 4.15. The van der Waals surface area contributed by atoms with Crippen molar-refractivity contribution in [2.45, 2.75) is 58.4 Å². The SMILES string of the molecule is CCC(C)NC(=O)c1ccnc(NCCC2=CCCCC2)c1. The Morgan fingerprint density at radius 1 is 1.41 bits per heavy atom. The summed E-state index contributed by atoms with van der Waals surface area (Å²) in [7, 11) is 0. The van der Waals surface area contributed by atoms with Crippen LogP contribution in [0, 0.1) is 0 Å². The summed E-state index contributed by atoms with van der Waals surface area (Å²) in [5.74, 6) is 0.739. The van der Waals surface area contributed by atoms with Crippen molar-refractivity contribution < 1.29 is 4.79 Å². The number of aromatic nitrogens is 1. The first-order chi connectivity index (χ1) is 10.7. The Labute approximate surface area is 133 Å². The van der Waals surface area contributed by atoms with Gasteiger partial charge < -0.3 is 10.6 Å². The quantitative estimate of drug-likeness (QED) is 0.751. The molecule has 1 unspecified atom stereocenters. The molecule has 4 nitrogen and oxygen atoms in total. The Bertz CT molecular complexity index is 525. The van der Waals surface area contributed by atoms with Gasteiger partial charge in [-0.3, -0.25) is 4.79 Å². The minimum Gasteiger partial charge on any atom is -0.370 e. The lowest BCUT2D eigenvalue weighted by molar-refractivity contribution is 0.0939. The van der Waals surface area contributed by atoms with Gasteiger partial charge in [0.25, 0.3) is 5.91 Å². The van der Waals surface area contributed by atoms with E-state index in [1.807, 2.05) is 13.0 Å². The van der Waals surface area contributed by atoms with E-state index in [4.69, 9.17) is 0 Å². The van der Waals surface area contributed by atoms with Gasteiger partial charge in [-0.1, -0.05) is 18.6 Å². The van der Waals surface area contributed by atoms with Crippen LogP contribution in [-0.4, -0.2) is 23.5 Å². The summed E-state index contributed by atoms with van der Waals surface area (Å²) >= 11 is 0. The summed E-state index contributed by atoms with van der Waals surface area (Å²) in [6.07, 6.45) is 11.1. The van der Waals surface area contributed by atoms with Crippen LogP contribution in [0.25, 0.3) is 0 Å². The molecule has 0 radical (unpaired) electrons. The number of pyridine rings is 1. The maximum absolute atomic E-state index is 12.1. The zero-order valence-electron chi connectivity index (χ0n) is 13.7. The number of rotatable bonds is 7. The van der Waals surface area contributed by atoms with E-state index in [0.29, 0.717) is 5.56 Å². The Hall–Kier alpha value is -1.84. The topological polar surface area (TPSA) is 54.0 Å². The lowest BCUT2D eigenvalue weighted by Crippen LogP contribution is -2.31. The second-order valence-corrected chi connectivity index (χ2v) is 6.00. The lowest BCUT2D eigenvalue weighted by Gasteiger charge is -2.14. The molecule has 120 valence electrons. The Kier molecular flexibility index (Phi) is 6.44. The monoisotopic (exact) mass is 301 g/mol. The largest absolute Gasteiger partial charge is 0.370 e. The highest BCUT2D eigenvalue weighted by Gasteiger charge is 2.09. The van der Waals surface area contributed by atoms with Gasteiger partial charge in [0.2, 0.25) is 0 Å². The molecule has 1 amide bonds. The number of allylic oxidation sites excluding steroid dienone is 1. The minimum absolute atomic E-state index is 0.0326. The van der Waals surface area contributed by atoms with Gasteiger partial charge in [0, 0.05) is 24.3 Å². The van der Waals surface area contributed by atoms with E-state index in [-0.39, 0.29) is 11.9 Å². The summed E-state index contributed by atoms with van der Waals surface area (Å²) in [5.41, 5.74) is 2.21. The van der Waals surface area contributed by atoms with Gasteiger partial charge >= 0.3 is 0 Å². The van der Waals surface area contributed by atoms with Crippen LogP contribution in [0.5, 0.6) is 0 Å². The van der Waals surface area contributed by atoms with Crippen molar-refractivity contribution in [3.8, 4) is 0 Å². The van der Waals surface area contributed by atoms with Crippen LogP contribution >= 0.6 is 0 Å². The van der Waals surface area contributed by atoms with E-state index in [1.54, 1.807) is 17.8 Å². The molecule has 1 aromatic heterocycles. The van der Waals surface area contributed by atoms with E-state index >= 15 is 0 Å². The molecule has 0 aromatic carbocycles. The zero-order chi connectivity index (χ0) is 15.8. The number of anilines is 1. The zero-order valence-corrected chi connectivity index (χ0v) is 13.7. The number of carbonyl (C=O) groups excluding carboxylic acids is 1. The van der Waals surface area contributed by atoms with Crippen molar-refractivity contribution >= 4 is 11.7 Å². The second-order valence-electron chi connectivity index (χ2n) is 6.00. The fourth-order valence-corrected chi connectivity index (χ4v) is 2.56. The van der Waals surface area contributed by atoms with Crippen molar-refractivity contribution in [3.63, 3.8) is 0 Å². The average Bonchev–Trinajstić information content (AvgIpc) is 2.56. The Balaban J connectivity index is 1.85. The third-order valence-corrected chi connectivity index (χ3v) is 4.15. The van der Waals surface area contributed by atoms with Crippen molar-refractivity contribution in [1.29, 1.82) is 0 Å². The highest BCUT2D eigenvalue weighted by atomic mass is 16.1. The summed E-state index contributed by atoms with van der Waals surface area (Å²) in [4.78, 5) is 16.4. The molecule has 1 aliphatic carbocycles. The minimum atomic E-state index is -0.0326. The van der Waals surface area contributed by atoms with Crippen molar-refractivity contribution in [3.05, 3.63) is 35.5 Å². The highest BCUT2D eigenvalue weighted by Crippen LogP contribution is 2.20. The normalized spacial score (nSPS) is 15.8. The first-order valence-corrected chi connectivity index (χ1v) is 8.37. The summed E-state index contributed by atoms with van der Waals surface area (Å²) in [6, 6.07) is 3.77. The van der Waals surface area contributed by atoms with Crippen LogP contribution in [0.3, 0.4) is 0 Å². The summed E-state index contributed by atoms with van der Waals surface area (Å²) in [5, 5.41) is 6.30. The van der Waals surface area contributed by atoms with Crippen LogP contribution in [0.4, 0.5) is 5.82 Å². The maximum atomic E-state index is 12.1. The Morgan fingerprint density at radius 2 is 2.27 bits per heavy atom. The van der Waals surface area contributed by atoms with Gasteiger partial charge in [-0.15, -0.1) is 0 Å². The number of hydrogen-bond donors (Lipinski definition) is 2. The molecule has 4 heteroatoms. The highest BCUT2D eigenvalue weighted by molar-refractivity contribution is 5.94. The molecule has 1 atom stereocenters. The van der Waals surface area contributed by atoms with Gasteiger partial charge in [-0.05, 0) is 57.6 Å². The number of nitrogens with one attached hydrogen (secondary N) is 2. The standard InChI is InChI=1S/C18H27N3O/c1-3-14(2)21-18(22)16-10-12-20-17(13-16)19-11-9-15-7-5-4-6-8-15/h7,10,12-14H,3-6,8-9,11H2,1-2H3,(H,19,20)(H,21,22). The molecule has 0 aliphatic heterocycles. The van der Waals surface area contributed by atoms with E-state index < -0.39 is 0 Å². The van der Waals surface area contributed by atoms with Crippen LogP contribution < -0.4 is 10.6 Å². The van der Waals surface area contributed by atoms with E-state index in [0.717, 1.165) is 25.2 Å². The lowest BCUT2D eigenvalue weighted by atomic mass is 9.97.